The monoisotopic (exact) mass is 440 g/mol. The second-order valence-corrected chi connectivity index (χ2v) is 7.24. The summed E-state index contributed by atoms with van der Waals surface area (Å²) in [6.07, 6.45) is -3.54. The van der Waals surface area contributed by atoms with Gasteiger partial charge in [0.15, 0.2) is 0 Å². The quantitative estimate of drug-likeness (QED) is 0.544. The van der Waals surface area contributed by atoms with Gasteiger partial charge in [-0.25, -0.2) is 0 Å². The molecule has 0 heterocycles. The smallest absolute Gasteiger partial charge is 0.350 e. The molecule has 0 spiro atoms. The van der Waals surface area contributed by atoms with Gasteiger partial charge in [-0.1, -0.05) is 61.5 Å². The fourth-order valence-corrected chi connectivity index (χ4v) is 3.22. The highest BCUT2D eigenvalue weighted by Gasteiger charge is 2.32. The van der Waals surface area contributed by atoms with Crippen LogP contribution in [0.5, 0.6) is 0 Å². The summed E-state index contributed by atoms with van der Waals surface area (Å²) in [7, 11) is 0. The number of carbonyl (C=O) groups is 2. The van der Waals surface area contributed by atoms with Gasteiger partial charge in [-0.15, -0.1) is 0 Å². The summed E-state index contributed by atoms with van der Waals surface area (Å²) < 4.78 is 39.0. The van der Waals surface area contributed by atoms with E-state index < -0.39 is 23.6 Å². The summed E-state index contributed by atoms with van der Waals surface area (Å²) >= 11 is 0. The van der Waals surface area contributed by atoms with Gasteiger partial charge in [0.2, 0.25) is 5.91 Å². The van der Waals surface area contributed by atoms with Crippen molar-refractivity contribution in [1.82, 2.24) is 10.6 Å². The van der Waals surface area contributed by atoms with Crippen LogP contribution < -0.4 is 10.6 Å². The Morgan fingerprint density at radius 1 is 0.812 bits per heavy atom. The lowest BCUT2D eigenvalue weighted by atomic mass is 10.0. The molecule has 0 bridgehead atoms. The van der Waals surface area contributed by atoms with Gasteiger partial charge in [-0.2, -0.15) is 13.2 Å². The van der Waals surface area contributed by atoms with Crippen molar-refractivity contribution < 1.29 is 22.8 Å². The van der Waals surface area contributed by atoms with Gasteiger partial charge in [0, 0.05) is 12.1 Å². The fourth-order valence-electron chi connectivity index (χ4n) is 3.22. The molecule has 0 radical (unpaired) electrons. The summed E-state index contributed by atoms with van der Waals surface area (Å²) in [4.78, 5) is 24.3. The highest BCUT2D eigenvalue weighted by Crippen LogP contribution is 2.31. The molecule has 0 aliphatic carbocycles. The number of benzene rings is 3. The molecule has 4 nitrogen and oxygen atoms in total. The molecule has 7 heteroatoms. The second-order valence-electron chi connectivity index (χ2n) is 7.24. The summed E-state index contributed by atoms with van der Waals surface area (Å²) in [6.45, 7) is 1.47. The van der Waals surface area contributed by atoms with E-state index in [-0.39, 0.29) is 18.7 Å². The molecular formula is C25H23F3N2O2. The lowest BCUT2D eigenvalue weighted by Gasteiger charge is -2.13. The van der Waals surface area contributed by atoms with Gasteiger partial charge >= 0.3 is 6.18 Å². The lowest BCUT2D eigenvalue weighted by Crippen LogP contribution is -2.36. The normalized spacial score (nSPS) is 11.1. The number of rotatable bonds is 7. The highest BCUT2D eigenvalue weighted by atomic mass is 19.4. The van der Waals surface area contributed by atoms with Crippen LogP contribution in [-0.2, 0) is 23.9 Å². The zero-order chi connectivity index (χ0) is 23.1. The highest BCUT2D eigenvalue weighted by molar-refractivity contribution is 5.96. The third-order valence-electron chi connectivity index (χ3n) is 5.05. The minimum atomic E-state index is -4.50. The molecule has 2 N–H and O–H groups in total. The van der Waals surface area contributed by atoms with Crippen molar-refractivity contribution in [2.24, 2.45) is 0 Å². The summed E-state index contributed by atoms with van der Waals surface area (Å²) in [5.74, 6) is -1.02. The Balaban J connectivity index is 1.52. The average molecular weight is 440 g/mol. The van der Waals surface area contributed by atoms with Crippen molar-refractivity contribution in [3.63, 3.8) is 0 Å². The van der Waals surface area contributed by atoms with Crippen molar-refractivity contribution in [2.45, 2.75) is 26.1 Å². The van der Waals surface area contributed by atoms with Crippen LogP contribution in [0.3, 0.4) is 0 Å². The first-order chi connectivity index (χ1) is 15.3. The largest absolute Gasteiger partial charge is 0.416 e. The second kappa shape index (κ2) is 10.1. The zero-order valence-electron chi connectivity index (χ0n) is 17.5. The maximum atomic E-state index is 13.0. The number of aryl methyl sites for hydroxylation is 1. The third kappa shape index (κ3) is 5.97. The summed E-state index contributed by atoms with van der Waals surface area (Å²) in [6, 6.07) is 20.2. The average Bonchev–Trinajstić information content (AvgIpc) is 2.81. The van der Waals surface area contributed by atoms with Crippen LogP contribution in [-0.4, -0.2) is 18.4 Å². The Bertz CT molecular complexity index is 1080. The number of carbonyl (C=O) groups excluding carboxylic acids is 2. The molecule has 32 heavy (non-hydrogen) atoms. The first-order valence-corrected chi connectivity index (χ1v) is 10.2. The van der Waals surface area contributed by atoms with Gasteiger partial charge in [0.1, 0.15) is 0 Å². The Labute approximate surface area is 184 Å². The predicted molar refractivity (Wildman–Crippen MR) is 117 cm³/mol. The van der Waals surface area contributed by atoms with Crippen molar-refractivity contribution in [1.29, 1.82) is 0 Å². The van der Waals surface area contributed by atoms with Crippen molar-refractivity contribution in [3.05, 3.63) is 95.1 Å². The molecule has 166 valence electrons. The van der Waals surface area contributed by atoms with Crippen LogP contribution in [0, 0.1) is 0 Å². The Hall–Kier alpha value is -3.61. The fraction of sp³-hybridized carbons (Fsp3) is 0.200. The van der Waals surface area contributed by atoms with E-state index in [2.05, 4.69) is 29.7 Å². The van der Waals surface area contributed by atoms with Gasteiger partial charge in [0.25, 0.3) is 5.91 Å². The number of hydrogen-bond donors (Lipinski definition) is 2. The predicted octanol–water partition coefficient (Wildman–Crippen LogP) is 4.98. The van der Waals surface area contributed by atoms with Crippen LogP contribution >= 0.6 is 0 Å². The Morgan fingerprint density at radius 3 is 2.00 bits per heavy atom. The summed E-state index contributed by atoms with van der Waals surface area (Å²) in [5, 5.41) is 4.89. The van der Waals surface area contributed by atoms with Crippen LogP contribution in [0.25, 0.3) is 11.1 Å². The van der Waals surface area contributed by atoms with Crippen LogP contribution in [0.2, 0.25) is 0 Å². The minimum absolute atomic E-state index is 0.0396. The molecule has 3 aromatic rings. The lowest BCUT2D eigenvalue weighted by molar-refractivity contribution is -0.138. The van der Waals surface area contributed by atoms with E-state index in [4.69, 9.17) is 0 Å². The molecule has 0 saturated heterocycles. The molecule has 0 aliphatic rings. The van der Waals surface area contributed by atoms with Crippen LogP contribution in [0.1, 0.15) is 34.0 Å². The molecule has 3 rings (SSSR count). The van der Waals surface area contributed by atoms with E-state index in [1.165, 1.54) is 23.8 Å². The number of halogens is 3. The molecule has 0 saturated carbocycles. The van der Waals surface area contributed by atoms with E-state index in [1.54, 1.807) is 12.1 Å². The van der Waals surface area contributed by atoms with E-state index >= 15 is 0 Å². The topological polar surface area (TPSA) is 58.2 Å². The molecular weight excluding hydrogens is 417 g/mol. The molecule has 0 aliphatic heterocycles. The van der Waals surface area contributed by atoms with Gasteiger partial charge in [0.05, 0.1) is 12.1 Å². The standard InChI is InChI=1S/C25H23F3N2O2/c1-2-17-7-9-18(10-8-17)19-11-13-20(14-12-19)24(32)30-16-23(31)29-15-21-5-3-4-6-22(21)25(26,27)28/h3-14H,2,15-16H2,1H3,(H,29,31)(H,30,32). The van der Waals surface area contributed by atoms with Gasteiger partial charge in [-0.3, -0.25) is 9.59 Å². The minimum Gasteiger partial charge on any atom is -0.350 e. The maximum absolute atomic E-state index is 13.0. The first-order valence-electron chi connectivity index (χ1n) is 10.2. The molecule has 0 aromatic heterocycles. The number of alkyl halides is 3. The van der Waals surface area contributed by atoms with Crippen molar-refractivity contribution >= 4 is 11.8 Å². The van der Waals surface area contributed by atoms with E-state index in [1.807, 2.05) is 24.3 Å². The SMILES string of the molecule is CCc1ccc(-c2ccc(C(=O)NCC(=O)NCc3ccccc3C(F)(F)F)cc2)cc1. The van der Waals surface area contributed by atoms with Crippen LogP contribution in [0.4, 0.5) is 13.2 Å². The summed E-state index contributed by atoms with van der Waals surface area (Å²) in [5.41, 5.74) is 2.79. The van der Waals surface area contributed by atoms with Crippen molar-refractivity contribution in [3.8, 4) is 11.1 Å². The Kier molecular flexibility index (Phi) is 7.30. The zero-order valence-corrected chi connectivity index (χ0v) is 17.5. The van der Waals surface area contributed by atoms with Gasteiger partial charge < -0.3 is 10.6 Å². The molecule has 0 unspecified atom stereocenters. The van der Waals surface area contributed by atoms with E-state index in [0.29, 0.717) is 5.56 Å². The van der Waals surface area contributed by atoms with Crippen molar-refractivity contribution in [2.75, 3.05) is 6.54 Å². The Morgan fingerprint density at radius 2 is 1.41 bits per heavy atom. The first kappa shape index (κ1) is 23.1. The third-order valence-corrected chi connectivity index (χ3v) is 5.05. The molecule has 3 aromatic carbocycles. The number of hydrogen-bond acceptors (Lipinski definition) is 2. The molecule has 0 atom stereocenters. The number of amides is 2. The molecule has 2 amide bonds. The van der Waals surface area contributed by atoms with E-state index in [0.717, 1.165) is 23.6 Å². The molecule has 0 fully saturated rings. The van der Waals surface area contributed by atoms with E-state index in [9.17, 15) is 22.8 Å². The van der Waals surface area contributed by atoms with Crippen LogP contribution in [0.15, 0.2) is 72.8 Å². The maximum Gasteiger partial charge on any atom is 0.416 e. The number of nitrogens with one attached hydrogen (secondary N) is 2. The van der Waals surface area contributed by atoms with Gasteiger partial charge in [-0.05, 0) is 46.9 Å².